The second-order valence-electron chi connectivity index (χ2n) is 6.65. The van der Waals surface area contributed by atoms with Crippen LogP contribution in [0.5, 0.6) is 5.75 Å². The van der Waals surface area contributed by atoms with Crippen molar-refractivity contribution in [1.29, 1.82) is 0 Å². The average molecular weight is 448 g/mol. The van der Waals surface area contributed by atoms with Gasteiger partial charge in [-0.25, -0.2) is 4.98 Å². The summed E-state index contributed by atoms with van der Waals surface area (Å²) in [5, 5.41) is 18.0. The minimum absolute atomic E-state index is 0.110. The summed E-state index contributed by atoms with van der Waals surface area (Å²) in [6.07, 6.45) is 1.39. The fourth-order valence-corrected chi connectivity index (χ4v) is 4.01. The summed E-state index contributed by atoms with van der Waals surface area (Å²) in [5.74, 6) is 0.825. The lowest BCUT2D eigenvalue weighted by Crippen LogP contribution is -2.11. The average Bonchev–Trinajstić information content (AvgIpc) is 2.70. The standard InChI is InChI=1S/C19H19ClN5O4P/c1-29-16-9-8-12(25(26)27)10-15(16)23-19-21-11-13(20)18(24-19)22-14-6-4-5-7-17(14)30(2,3)28/h4-11H,1-3H3,(H2,21,22,23,24). The highest BCUT2D eigenvalue weighted by molar-refractivity contribution is 7.70. The quantitative estimate of drug-likeness (QED) is 0.301. The van der Waals surface area contributed by atoms with Crippen LogP contribution < -0.4 is 20.7 Å². The van der Waals surface area contributed by atoms with Gasteiger partial charge in [-0.05, 0) is 31.5 Å². The molecule has 0 saturated heterocycles. The van der Waals surface area contributed by atoms with Crippen LogP contribution in [0.1, 0.15) is 0 Å². The summed E-state index contributed by atoms with van der Waals surface area (Å²) >= 11 is 6.24. The van der Waals surface area contributed by atoms with E-state index >= 15 is 0 Å². The Labute approximate surface area is 178 Å². The normalized spacial score (nSPS) is 11.1. The Morgan fingerprint density at radius 1 is 1.13 bits per heavy atom. The topological polar surface area (TPSA) is 119 Å². The van der Waals surface area contributed by atoms with Gasteiger partial charge in [-0.1, -0.05) is 23.7 Å². The maximum Gasteiger partial charge on any atom is 0.271 e. The van der Waals surface area contributed by atoms with Crippen LogP contribution in [0.25, 0.3) is 0 Å². The smallest absolute Gasteiger partial charge is 0.271 e. The van der Waals surface area contributed by atoms with Crippen LogP contribution in [0.15, 0.2) is 48.7 Å². The number of benzene rings is 2. The predicted molar refractivity (Wildman–Crippen MR) is 119 cm³/mol. The Hall–Kier alpha value is -3.16. The summed E-state index contributed by atoms with van der Waals surface area (Å²) in [4.78, 5) is 19.0. The van der Waals surface area contributed by atoms with Gasteiger partial charge in [0.1, 0.15) is 17.9 Å². The van der Waals surface area contributed by atoms with Crippen molar-refractivity contribution in [1.82, 2.24) is 9.97 Å². The maximum atomic E-state index is 12.6. The molecule has 1 heterocycles. The van der Waals surface area contributed by atoms with Crippen molar-refractivity contribution in [2.45, 2.75) is 0 Å². The first kappa shape index (κ1) is 21.5. The molecule has 0 spiro atoms. The molecule has 0 saturated carbocycles. The van der Waals surface area contributed by atoms with Crippen LogP contribution in [0.3, 0.4) is 0 Å². The van der Waals surface area contributed by atoms with Gasteiger partial charge in [0.05, 0.1) is 29.6 Å². The Morgan fingerprint density at radius 2 is 1.87 bits per heavy atom. The second-order valence-corrected chi connectivity index (χ2v) is 10.2. The van der Waals surface area contributed by atoms with Gasteiger partial charge < -0.3 is 19.9 Å². The number of nitrogens with one attached hydrogen (secondary N) is 2. The molecule has 0 amide bonds. The molecule has 0 bridgehead atoms. The number of nitro groups is 1. The molecule has 30 heavy (non-hydrogen) atoms. The van der Waals surface area contributed by atoms with Gasteiger partial charge in [-0.15, -0.1) is 0 Å². The summed E-state index contributed by atoms with van der Waals surface area (Å²) in [5.41, 5.74) is 0.832. The van der Waals surface area contributed by atoms with Crippen LogP contribution in [-0.4, -0.2) is 35.3 Å². The van der Waals surface area contributed by atoms with Gasteiger partial charge in [-0.3, -0.25) is 10.1 Å². The van der Waals surface area contributed by atoms with Crippen LogP contribution >= 0.6 is 18.7 Å². The molecule has 0 aliphatic heterocycles. The van der Waals surface area contributed by atoms with E-state index in [9.17, 15) is 14.7 Å². The molecule has 0 atom stereocenters. The molecule has 156 valence electrons. The number of rotatable bonds is 7. The van der Waals surface area contributed by atoms with Gasteiger partial charge in [0.2, 0.25) is 5.95 Å². The number of hydrogen-bond acceptors (Lipinski definition) is 8. The van der Waals surface area contributed by atoms with E-state index in [1.807, 2.05) is 12.1 Å². The summed E-state index contributed by atoms with van der Waals surface area (Å²) < 4.78 is 17.8. The third-order valence-electron chi connectivity index (χ3n) is 4.12. The van der Waals surface area contributed by atoms with Gasteiger partial charge >= 0.3 is 0 Å². The van der Waals surface area contributed by atoms with Crippen molar-refractivity contribution in [3.63, 3.8) is 0 Å². The Bertz CT molecular complexity index is 1150. The first-order valence-corrected chi connectivity index (χ1v) is 11.7. The van der Waals surface area contributed by atoms with E-state index < -0.39 is 12.1 Å². The Balaban J connectivity index is 1.95. The second kappa shape index (κ2) is 8.69. The minimum atomic E-state index is -2.55. The van der Waals surface area contributed by atoms with Gasteiger partial charge in [0.25, 0.3) is 5.69 Å². The SMILES string of the molecule is COc1ccc([N+](=O)[O-])cc1Nc1ncc(Cl)c(Nc2ccccc2P(C)(C)=O)n1. The van der Waals surface area contributed by atoms with E-state index in [1.165, 1.54) is 31.5 Å². The molecule has 0 aliphatic carbocycles. The maximum absolute atomic E-state index is 12.6. The zero-order valence-electron chi connectivity index (χ0n) is 16.4. The van der Waals surface area contributed by atoms with Crippen LogP contribution in [-0.2, 0) is 4.57 Å². The molecule has 0 radical (unpaired) electrons. The number of para-hydroxylation sites is 1. The van der Waals surface area contributed by atoms with Crippen molar-refractivity contribution in [3.05, 3.63) is 63.8 Å². The molecule has 0 unspecified atom stereocenters. The summed E-state index contributed by atoms with van der Waals surface area (Å²) in [7, 11) is -1.09. The number of halogens is 1. The molecule has 3 aromatic rings. The largest absolute Gasteiger partial charge is 0.495 e. The summed E-state index contributed by atoms with van der Waals surface area (Å²) in [6.45, 7) is 3.35. The van der Waals surface area contributed by atoms with Crippen molar-refractivity contribution in [3.8, 4) is 5.75 Å². The molecular formula is C19H19ClN5O4P. The molecule has 2 N–H and O–H groups in total. The van der Waals surface area contributed by atoms with E-state index in [1.54, 1.807) is 25.5 Å². The zero-order valence-corrected chi connectivity index (χ0v) is 18.1. The van der Waals surface area contributed by atoms with E-state index in [0.717, 1.165) is 0 Å². The molecule has 1 aromatic heterocycles. The molecule has 2 aromatic carbocycles. The number of ether oxygens (including phenoxy) is 1. The van der Waals surface area contributed by atoms with E-state index in [2.05, 4.69) is 20.6 Å². The highest BCUT2D eigenvalue weighted by atomic mass is 35.5. The fourth-order valence-electron chi connectivity index (χ4n) is 2.72. The lowest BCUT2D eigenvalue weighted by molar-refractivity contribution is -0.384. The minimum Gasteiger partial charge on any atom is -0.495 e. The molecular weight excluding hydrogens is 429 g/mol. The zero-order chi connectivity index (χ0) is 21.9. The first-order chi connectivity index (χ1) is 14.2. The number of nitrogens with zero attached hydrogens (tertiary/aromatic N) is 3. The van der Waals surface area contributed by atoms with Gasteiger partial charge in [-0.2, -0.15) is 4.98 Å². The van der Waals surface area contributed by atoms with Crippen molar-refractivity contribution >= 4 is 52.9 Å². The van der Waals surface area contributed by atoms with E-state index in [4.69, 9.17) is 16.3 Å². The molecule has 11 heteroatoms. The number of nitro benzene ring substituents is 1. The highest BCUT2D eigenvalue weighted by Gasteiger charge is 2.18. The fraction of sp³-hybridized carbons (Fsp3) is 0.158. The number of aromatic nitrogens is 2. The van der Waals surface area contributed by atoms with E-state index in [-0.39, 0.29) is 16.7 Å². The Kier molecular flexibility index (Phi) is 6.24. The molecule has 3 rings (SSSR count). The Morgan fingerprint density at radius 3 is 2.53 bits per heavy atom. The van der Waals surface area contributed by atoms with Crippen LogP contribution in [0, 0.1) is 10.1 Å². The number of non-ortho nitro benzene ring substituents is 1. The monoisotopic (exact) mass is 447 g/mol. The lowest BCUT2D eigenvalue weighted by atomic mass is 10.2. The van der Waals surface area contributed by atoms with Crippen molar-refractivity contribution in [2.24, 2.45) is 0 Å². The third-order valence-corrected chi connectivity index (χ3v) is 5.95. The number of methoxy groups -OCH3 is 1. The van der Waals surface area contributed by atoms with Crippen LogP contribution in [0.2, 0.25) is 5.02 Å². The van der Waals surface area contributed by atoms with E-state index in [0.29, 0.717) is 28.2 Å². The van der Waals surface area contributed by atoms with Gasteiger partial charge in [0, 0.05) is 17.4 Å². The predicted octanol–water partition coefficient (Wildman–Crippen LogP) is 4.78. The first-order valence-electron chi connectivity index (χ1n) is 8.72. The molecule has 9 nitrogen and oxygen atoms in total. The van der Waals surface area contributed by atoms with Crippen molar-refractivity contribution in [2.75, 3.05) is 31.1 Å². The lowest BCUT2D eigenvalue weighted by Gasteiger charge is -2.16. The van der Waals surface area contributed by atoms with Gasteiger partial charge in [0.15, 0.2) is 5.82 Å². The third kappa shape index (κ3) is 4.87. The number of anilines is 4. The van der Waals surface area contributed by atoms with Crippen LogP contribution in [0.4, 0.5) is 28.8 Å². The summed E-state index contributed by atoms with van der Waals surface area (Å²) in [6, 6.07) is 11.3. The molecule has 0 aliphatic rings. The number of hydrogen-bond donors (Lipinski definition) is 2. The van der Waals surface area contributed by atoms with Crippen molar-refractivity contribution < 1.29 is 14.2 Å². The highest BCUT2D eigenvalue weighted by Crippen LogP contribution is 2.39. The molecule has 0 fully saturated rings.